The minimum absolute atomic E-state index is 0.242. The van der Waals surface area contributed by atoms with Gasteiger partial charge in [0.1, 0.15) is 18.3 Å². The van der Waals surface area contributed by atoms with E-state index in [9.17, 15) is 9.59 Å². The zero-order chi connectivity index (χ0) is 26.2. The normalized spacial score (nSPS) is 15.4. The van der Waals surface area contributed by atoms with Gasteiger partial charge in [-0.1, -0.05) is 48.2 Å². The lowest BCUT2D eigenvalue weighted by Crippen LogP contribution is -2.41. The van der Waals surface area contributed by atoms with Crippen molar-refractivity contribution in [3.05, 3.63) is 78.0 Å². The second-order valence-electron chi connectivity index (χ2n) is 8.92. The first-order valence-electron chi connectivity index (χ1n) is 12.7. The van der Waals surface area contributed by atoms with Crippen LogP contribution in [0.2, 0.25) is 0 Å². The lowest BCUT2D eigenvalue weighted by atomic mass is 10.1. The topological polar surface area (TPSA) is 91.7 Å². The van der Waals surface area contributed by atoms with Gasteiger partial charge in [-0.05, 0) is 36.2 Å². The lowest BCUT2D eigenvalue weighted by Gasteiger charge is -2.23. The smallest absolute Gasteiger partial charge is 0.249 e. The lowest BCUT2D eigenvalue weighted by molar-refractivity contribution is -0.135. The van der Waals surface area contributed by atoms with Gasteiger partial charge in [0.2, 0.25) is 11.8 Å². The first-order chi connectivity index (χ1) is 18.7. The van der Waals surface area contributed by atoms with Crippen LogP contribution >= 0.6 is 0 Å². The van der Waals surface area contributed by atoms with E-state index in [1.165, 1.54) is 0 Å². The fourth-order valence-electron chi connectivity index (χ4n) is 4.63. The average molecular weight is 512 g/mol. The maximum Gasteiger partial charge on any atom is 0.249 e. The molecule has 1 N–H and O–H groups in total. The van der Waals surface area contributed by atoms with Crippen LogP contribution in [0.15, 0.2) is 66.9 Å². The minimum Gasteiger partial charge on any atom is -0.377 e. The van der Waals surface area contributed by atoms with Crippen LogP contribution in [0.1, 0.15) is 30.0 Å². The molecule has 3 heterocycles. The number of carbonyl (C=O) groups excluding carboxylic acids is 2. The zero-order valence-electron chi connectivity index (χ0n) is 21.0. The second kappa shape index (κ2) is 12.5. The van der Waals surface area contributed by atoms with Crippen molar-refractivity contribution in [1.29, 1.82) is 0 Å². The van der Waals surface area contributed by atoms with E-state index >= 15 is 0 Å². The van der Waals surface area contributed by atoms with Crippen LogP contribution in [-0.2, 0) is 30.4 Å². The molecule has 8 heteroatoms. The second-order valence-corrected chi connectivity index (χ2v) is 8.92. The van der Waals surface area contributed by atoms with Crippen LogP contribution in [0.5, 0.6) is 0 Å². The number of imide groups is 1. The molecule has 2 amide bonds. The maximum absolute atomic E-state index is 12.7. The molecular formula is C30H29N3O5. The predicted molar refractivity (Wildman–Crippen MR) is 143 cm³/mol. The van der Waals surface area contributed by atoms with Gasteiger partial charge in [0.25, 0.3) is 0 Å². The van der Waals surface area contributed by atoms with Crippen molar-refractivity contribution in [2.45, 2.75) is 25.5 Å². The van der Waals surface area contributed by atoms with Crippen LogP contribution in [0.4, 0.5) is 0 Å². The van der Waals surface area contributed by atoms with E-state index in [1.54, 1.807) is 6.20 Å². The number of hydrogen-bond donors (Lipinski definition) is 1. The summed E-state index contributed by atoms with van der Waals surface area (Å²) in [5, 5.41) is 4.31. The number of piperidine rings is 1. The molecule has 1 unspecified atom stereocenters. The Morgan fingerprint density at radius 2 is 1.74 bits per heavy atom. The summed E-state index contributed by atoms with van der Waals surface area (Å²) in [5.41, 5.74) is 3.54. The van der Waals surface area contributed by atoms with E-state index in [0.29, 0.717) is 51.5 Å². The summed E-state index contributed by atoms with van der Waals surface area (Å²) in [7, 11) is 0. The van der Waals surface area contributed by atoms with E-state index in [4.69, 9.17) is 14.2 Å². The third-order valence-corrected chi connectivity index (χ3v) is 6.36. The predicted octanol–water partition coefficient (Wildman–Crippen LogP) is 3.77. The molecule has 0 aliphatic carbocycles. The van der Waals surface area contributed by atoms with Crippen LogP contribution in [-0.4, -0.2) is 54.4 Å². The fourth-order valence-corrected chi connectivity index (χ4v) is 4.63. The molecule has 2 aromatic heterocycles. The first kappa shape index (κ1) is 25.6. The molecular weight excluding hydrogens is 482 g/mol. The van der Waals surface area contributed by atoms with Gasteiger partial charge in [0.15, 0.2) is 0 Å². The number of fused-ring (bicyclic) bond motifs is 3. The maximum atomic E-state index is 12.7. The summed E-state index contributed by atoms with van der Waals surface area (Å²) in [6.07, 6.45) is 2.44. The molecule has 5 rings (SSSR count). The number of aromatic nitrogens is 2. The highest BCUT2D eigenvalue weighted by molar-refractivity contribution is 6.11. The Hall–Kier alpha value is -4.03. The number of rotatable bonds is 10. The van der Waals surface area contributed by atoms with Gasteiger partial charge in [-0.3, -0.25) is 14.9 Å². The fraction of sp³-hybridized carbons (Fsp3) is 0.300. The standard InChI is InChI=1S/C30H29N3O5/c34-27-14-13-26(30(35)32-27)33-25-12-4-9-23(28(25)24-11-5-15-31-29(24)33)10-6-16-36-17-18-37-19-20-38-21-22-7-2-1-3-8-22/h1-5,7-9,11-12,15,26H,13-14,16-21H2,(H,32,34,35). The highest BCUT2D eigenvalue weighted by atomic mass is 16.5. The molecule has 0 saturated carbocycles. The number of nitrogens with zero attached hydrogens (tertiary/aromatic N) is 2. The highest BCUT2D eigenvalue weighted by Crippen LogP contribution is 2.34. The third-order valence-electron chi connectivity index (χ3n) is 6.36. The van der Waals surface area contributed by atoms with E-state index in [2.05, 4.69) is 22.1 Å². The molecule has 2 aromatic carbocycles. The Balaban J connectivity index is 1.17. The number of amides is 2. The molecule has 8 nitrogen and oxygen atoms in total. The van der Waals surface area contributed by atoms with Gasteiger partial charge in [-0.15, -0.1) is 0 Å². The molecule has 1 fully saturated rings. The Morgan fingerprint density at radius 3 is 2.58 bits per heavy atom. The Kier molecular flexibility index (Phi) is 8.41. The van der Waals surface area contributed by atoms with Crippen molar-refractivity contribution < 1.29 is 23.8 Å². The molecule has 0 bridgehead atoms. The zero-order valence-corrected chi connectivity index (χ0v) is 21.0. The van der Waals surface area contributed by atoms with E-state index < -0.39 is 6.04 Å². The van der Waals surface area contributed by atoms with Crippen molar-refractivity contribution in [1.82, 2.24) is 14.9 Å². The molecule has 0 radical (unpaired) electrons. The summed E-state index contributed by atoms with van der Waals surface area (Å²) >= 11 is 0. The van der Waals surface area contributed by atoms with Gasteiger partial charge in [-0.25, -0.2) is 4.98 Å². The molecule has 4 aromatic rings. The van der Waals surface area contributed by atoms with Crippen molar-refractivity contribution in [2.75, 3.05) is 33.0 Å². The van der Waals surface area contributed by atoms with Gasteiger partial charge in [0.05, 0.1) is 38.6 Å². The molecule has 1 atom stereocenters. The van der Waals surface area contributed by atoms with E-state index in [-0.39, 0.29) is 18.4 Å². The number of benzene rings is 2. The SMILES string of the molecule is O=C1CCC(n2c3cccc(C#CCOCCOCCOCc4ccccc4)c3c3cccnc32)C(=O)N1. The van der Waals surface area contributed by atoms with Crippen LogP contribution in [0, 0.1) is 11.8 Å². The molecule has 38 heavy (non-hydrogen) atoms. The van der Waals surface area contributed by atoms with Gasteiger partial charge < -0.3 is 18.8 Å². The highest BCUT2D eigenvalue weighted by Gasteiger charge is 2.31. The Labute approximate surface area is 220 Å². The van der Waals surface area contributed by atoms with Gasteiger partial charge in [-0.2, -0.15) is 0 Å². The van der Waals surface area contributed by atoms with Crippen molar-refractivity contribution in [2.24, 2.45) is 0 Å². The summed E-state index contributed by atoms with van der Waals surface area (Å²) in [5.74, 6) is 5.75. The molecule has 1 aliphatic rings. The number of ether oxygens (including phenoxy) is 3. The number of nitrogens with one attached hydrogen (secondary N) is 1. The quantitative estimate of drug-likeness (QED) is 0.198. The van der Waals surface area contributed by atoms with Crippen molar-refractivity contribution in [3.8, 4) is 11.8 Å². The molecule has 1 saturated heterocycles. The molecule has 1 aliphatic heterocycles. The van der Waals surface area contributed by atoms with Crippen molar-refractivity contribution in [3.63, 3.8) is 0 Å². The Morgan fingerprint density at radius 1 is 0.921 bits per heavy atom. The van der Waals surface area contributed by atoms with Crippen LogP contribution < -0.4 is 5.32 Å². The van der Waals surface area contributed by atoms with Gasteiger partial charge in [0, 0.05) is 29.0 Å². The third kappa shape index (κ3) is 5.92. The summed E-state index contributed by atoms with van der Waals surface area (Å²) in [6.45, 7) is 2.79. The summed E-state index contributed by atoms with van der Waals surface area (Å²) in [6, 6.07) is 19.2. The minimum atomic E-state index is -0.502. The average Bonchev–Trinajstić information content (AvgIpc) is 3.27. The number of hydrogen-bond acceptors (Lipinski definition) is 6. The monoisotopic (exact) mass is 511 g/mol. The number of pyridine rings is 1. The van der Waals surface area contributed by atoms with Crippen molar-refractivity contribution >= 4 is 33.8 Å². The molecule has 194 valence electrons. The van der Waals surface area contributed by atoms with E-state index in [1.807, 2.05) is 65.2 Å². The van der Waals surface area contributed by atoms with Gasteiger partial charge >= 0.3 is 0 Å². The molecule has 0 spiro atoms. The van der Waals surface area contributed by atoms with E-state index in [0.717, 1.165) is 27.4 Å². The number of carbonyl (C=O) groups is 2. The largest absolute Gasteiger partial charge is 0.377 e. The first-order valence-corrected chi connectivity index (χ1v) is 12.7. The summed E-state index contributed by atoms with van der Waals surface area (Å²) in [4.78, 5) is 28.9. The summed E-state index contributed by atoms with van der Waals surface area (Å²) < 4.78 is 18.7. The van der Waals surface area contributed by atoms with Crippen LogP contribution in [0.25, 0.3) is 21.9 Å². The van der Waals surface area contributed by atoms with Crippen LogP contribution in [0.3, 0.4) is 0 Å². The Bertz CT molecular complexity index is 1490.